The van der Waals surface area contributed by atoms with E-state index in [0.717, 1.165) is 12.0 Å². The summed E-state index contributed by atoms with van der Waals surface area (Å²) in [7, 11) is 1.74. The standard InChI is InChI=1S/C21H34O2/c1-16(14-19(23-6)15-17(2)11-13-22)9-10-20-18(3)8-7-12-21(20,4)5/h9-11,14,19,22H,7-8,12-13,15H2,1-6H3/b10-9+,16-14+,17-11+. The van der Waals surface area contributed by atoms with Crippen LogP contribution >= 0.6 is 0 Å². The zero-order valence-corrected chi connectivity index (χ0v) is 15.8. The van der Waals surface area contributed by atoms with Crippen molar-refractivity contribution in [3.63, 3.8) is 0 Å². The van der Waals surface area contributed by atoms with Crippen LogP contribution in [0.15, 0.2) is 46.6 Å². The first-order valence-electron chi connectivity index (χ1n) is 8.66. The van der Waals surface area contributed by atoms with Gasteiger partial charge in [0.2, 0.25) is 0 Å². The van der Waals surface area contributed by atoms with E-state index < -0.39 is 0 Å². The maximum absolute atomic E-state index is 8.96. The molecule has 0 heterocycles. The maximum atomic E-state index is 8.96. The Balaban J connectivity index is 2.83. The zero-order chi connectivity index (χ0) is 17.5. The van der Waals surface area contributed by atoms with Gasteiger partial charge in [0.25, 0.3) is 0 Å². The second-order valence-electron chi connectivity index (χ2n) is 7.39. The molecular weight excluding hydrogens is 284 g/mol. The van der Waals surface area contributed by atoms with Crippen LogP contribution in [0.1, 0.15) is 60.3 Å². The summed E-state index contributed by atoms with van der Waals surface area (Å²) in [4.78, 5) is 0. The molecule has 1 aliphatic rings. The minimum Gasteiger partial charge on any atom is -0.392 e. The number of hydrogen-bond acceptors (Lipinski definition) is 2. The van der Waals surface area contributed by atoms with E-state index in [0.29, 0.717) is 0 Å². The molecular formula is C21H34O2. The molecule has 0 aliphatic heterocycles. The molecule has 0 aromatic rings. The summed E-state index contributed by atoms with van der Waals surface area (Å²) in [5.41, 5.74) is 5.66. The van der Waals surface area contributed by atoms with Gasteiger partial charge in [-0.05, 0) is 57.4 Å². The Kier molecular flexibility index (Phi) is 8.01. The fourth-order valence-electron chi connectivity index (χ4n) is 3.34. The second kappa shape index (κ2) is 9.24. The van der Waals surface area contributed by atoms with Gasteiger partial charge in [-0.2, -0.15) is 0 Å². The van der Waals surface area contributed by atoms with Crippen LogP contribution in [-0.2, 0) is 4.74 Å². The van der Waals surface area contributed by atoms with Crippen LogP contribution < -0.4 is 0 Å². The quantitative estimate of drug-likeness (QED) is 0.506. The van der Waals surface area contributed by atoms with Crippen molar-refractivity contribution in [2.75, 3.05) is 13.7 Å². The Bertz CT molecular complexity index is 504. The number of hydrogen-bond donors (Lipinski definition) is 1. The van der Waals surface area contributed by atoms with Crippen molar-refractivity contribution in [3.05, 3.63) is 46.6 Å². The molecule has 1 aliphatic carbocycles. The van der Waals surface area contributed by atoms with Gasteiger partial charge >= 0.3 is 0 Å². The molecule has 0 aromatic heterocycles. The lowest BCUT2D eigenvalue weighted by Gasteiger charge is -2.33. The first-order chi connectivity index (χ1) is 10.8. The predicted molar refractivity (Wildman–Crippen MR) is 99.5 cm³/mol. The summed E-state index contributed by atoms with van der Waals surface area (Å²) in [6.45, 7) is 11.2. The molecule has 0 aromatic carbocycles. The average molecular weight is 319 g/mol. The van der Waals surface area contributed by atoms with Crippen LogP contribution in [0.4, 0.5) is 0 Å². The Morgan fingerprint density at radius 3 is 2.61 bits per heavy atom. The summed E-state index contributed by atoms with van der Waals surface area (Å²) in [5, 5.41) is 8.96. The third-order valence-corrected chi connectivity index (χ3v) is 4.77. The molecule has 0 saturated heterocycles. The fraction of sp³-hybridized carbons (Fsp3) is 0.619. The molecule has 23 heavy (non-hydrogen) atoms. The number of aliphatic hydroxyl groups is 1. The monoisotopic (exact) mass is 318 g/mol. The lowest BCUT2D eigenvalue weighted by Crippen LogP contribution is -2.19. The third kappa shape index (κ3) is 6.48. The van der Waals surface area contributed by atoms with Crippen molar-refractivity contribution in [1.29, 1.82) is 0 Å². The average Bonchev–Trinajstić information content (AvgIpc) is 2.45. The summed E-state index contributed by atoms with van der Waals surface area (Å²) in [6, 6.07) is 0. The van der Waals surface area contributed by atoms with E-state index in [9.17, 15) is 0 Å². The van der Waals surface area contributed by atoms with Crippen molar-refractivity contribution in [3.8, 4) is 0 Å². The van der Waals surface area contributed by atoms with Gasteiger partial charge in [-0.1, -0.05) is 54.9 Å². The molecule has 0 amide bonds. The van der Waals surface area contributed by atoms with Crippen LogP contribution in [0.2, 0.25) is 0 Å². The molecule has 0 saturated carbocycles. The van der Waals surface area contributed by atoms with Crippen LogP contribution in [-0.4, -0.2) is 24.9 Å². The van der Waals surface area contributed by atoms with E-state index in [1.807, 2.05) is 13.0 Å². The molecule has 1 rings (SSSR count). The summed E-state index contributed by atoms with van der Waals surface area (Å²) in [6.07, 6.45) is 13.2. The highest BCUT2D eigenvalue weighted by molar-refractivity contribution is 5.36. The first-order valence-corrected chi connectivity index (χ1v) is 8.66. The van der Waals surface area contributed by atoms with E-state index in [4.69, 9.17) is 9.84 Å². The maximum Gasteiger partial charge on any atom is 0.0794 e. The molecule has 130 valence electrons. The molecule has 0 spiro atoms. The highest BCUT2D eigenvalue weighted by Crippen LogP contribution is 2.40. The lowest BCUT2D eigenvalue weighted by atomic mass is 9.72. The number of aliphatic hydroxyl groups excluding tert-OH is 1. The van der Waals surface area contributed by atoms with Gasteiger partial charge in [0, 0.05) is 7.11 Å². The van der Waals surface area contributed by atoms with Gasteiger partial charge in [0.05, 0.1) is 12.7 Å². The highest BCUT2D eigenvalue weighted by atomic mass is 16.5. The number of methoxy groups -OCH3 is 1. The molecule has 1 N–H and O–H groups in total. The van der Waals surface area contributed by atoms with Gasteiger partial charge < -0.3 is 9.84 Å². The van der Waals surface area contributed by atoms with E-state index in [2.05, 4.69) is 45.9 Å². The first kappa shape index (κ1) is 19.9. The lowest BCUT2D eigenvalue weighted by molar-refractivity contribution is 0.140. The predicted octanol–water partition coefficient (Wildman–Crippen LogP) is 5.36. The highest BCUT2D eigenvalue weighted by Gasteiger charge is 2.26. The Morgan fingerprint density at radius 2 is 2.04 bits per heavy atom. The van der Waals surface area contributed by atoms with Gasteiger partial charge in [0.15, 0.2) is 0 Å². The second-order valence-corrected chi connectivity index (χ2v) is 7.39. The van der Waals surface area contributed by atoms with Crippen molar-refractivity contribution in [1.82, 2.24) is 0 Å². The van der Waals surface area contributed by atoms with Crippen molar-refractivity contribution < 1.29 is 9.84 Å². The Labute approximate surface area is 142 Å². The normalized spacial score (nSPS) is 21.2. The van der Waals surface area contributed by atoms with Crippen LogP contribution in [0.3, 0.4) is 0 Å². The molecule has 1 atom stereocenters. The Morgan fingerprint density at radius 1 is 1.35 bits per heavy atom. The minimum absolute atomic E-state index is 0.0527. The van der Waals surface area contributed by atoms with E-state index in [1.165, 1.54) is 36.0 Å². The van der Waals surface area contributed by atoms with Gasteiger partial charge in [-0.3, -0.25) is 0 Å². The summed E-state index contributed by atoms with van der Waals surface area (Å²) >= 11 is 0. The molecule has 0 bridgehead atoms. The van der Waals surface area contributed by atoms with Crippen LogP contribution in [0.5, 0.6) is 0 Å². The zero-order valence-electron chi connectivity index (χ0n) is 15.8. The van der Waals surface area contributed by atoms with Gasteiger partial charge in [-0.15, -0.1) is 0 Å². The SMILES string of the molecule is COC(/C=C(C)/C=C/C1=C(C)CCCC1(C)C)C/C(C)=C/CO. The molecule has 2 nitrogen and oxygen atoms in total. The van der Waals surface area contributed by atoms with Crippen molar-refractivity contribution in [2.45, 2.75) is 66.4 Å². The van der Waals surface area contributed by atoms with Gasteiger partial charge in [0.1, 0.15) is 0 Å². The fourth-order valence-corrected chi connectivity index (χ4v) is 3.34. The smallest absolute Gasteiger partial charge is 0.0794 e. The molecule has 1 unspecified atom stereocenters. The summed E-state index contributed by atoms with van der Waals surface area (Å²) in [5.74, 6) is 0. The minimum atomic E-state index is 0.0527. The van der Waals surface area contributed by atoms with Crippen molar-refractivity contribution in [2.24, 2.45) is 5.41 Å². The van der Waals surface area contributed by atoms with E-state index >= 15 is 0 Å². The number of rotatable bonds is 7. The van der Waals surface area contributed by atoms with E-state index in [-0.39, 0.29) is 18.1 Å². The van der Waals surface area contributed by atoms with Gasteiger partial charge in [-0.25, -0.2) is 0 Å². The summed E-state index contributed by atoms with van der Waals surface area (Å²) < 4.78 is 5.55. The molecule has 0 radical (unpaired) electrons. The van der Waals surface area contributed by atoms with Crippen LogP contribution in [0, 0.1) is 5.41 Å². The largest absolute Gasteiger partial charge is 0.392 e. The topological polar surface area (TPSA) is 29.5 Å². The van der Waals surface area contributed by atoms with Crippen molar-refractivity contribution >= 4 is 0 Å². The number of allylic oxidation sites excluding steroid dienone is 5. The third-order valence-electron chi connectivity index (χ3n) is 4.77. The molecule has 2 heteroatoms. The van der Waals surface area contributed by atoms with Crippen LogP contribution in [0.25, 0.3) is 0 Å². The Hall–Kier alpha value is -1.12. The molecule has 0 fully saturated rings. The van der Waals surface area contributed by atoms with E-state index in [1.54, 1.807) is 7.11 Å². The number of ether oxygens (including phenoxy) is 1.